The molecule has 1 aliphatic heterocycles. The van der Waals surface area contributed by atoms with Crippen molar-refractivity contribution in [3.8, 4) is 0 Å². The molecule has 5 heteroatoms. The van der Waals surface area contributed by atoms with Gasteiger partial charge in [0.15, 0.2) is 0 Å². The maximum Gasteiger partial charge on any atom is 0.135 e. The first-order valence-corrected chi connectivity index (χ1v) is 8.98. The lowest BCUT2D eigenvalue weighted by atomic mass is 10.00. The molecular weight excluding hydrogens is 320 g/mol. The van der Waals surface area contributed by atoms with Crippen molar-refractivity contribution in [2.24, 2.45) is 0 Å². The number of hydrogen-bond donors (Lipinski definition) is 1. The minimum absolute atomic E-state index is 0.300. The van der Waals surface area contributed by atoms with E-state index < -0.39 is 0 Å². The molecule has 0 aliphatic carbocycles. The van der Waals surface area contributed by atoms with Gasteiger partial charge in [0.1, 0.15) is 17.5 Å². The molecule has 0 atom stereocenters. The van der Waals surface area contributed by atoms with E-state index in [-0.39, 0.29) is 0 Å². The molecule has 1 aliphatic rings. The SMILES string of the molecule is CC(C)Nc1cc(N2CCc3cc(Cl)ccc3C2)nc(C(C)C)n1. The summed E-state index contributed by atoms with van der Waals surface area (Å²) in [7, 11) is 0. The van der Waals surface area contributed by atoms with Crippen molar-refractivity contribution in [1.29, 1.82) is 0 Å². The molecule has 3 rings (SSSR count). The molecule has 0 radical (unpaired) electrons. The molecule has 24 heavy (non-hydrogen) atoms. The molecule has 2 heterocycles. The molecule has 0 amide bonds. The molecule has 1 aromatic heterocycles. The van der Waals surface area contributed by atoms with Gasteiger partial charge in [-0.3, -0.25) is 0 Å². The summed E-state index contributed by atoms with van der Waals surface area (Å²) in [4.78, 5) is 11.8. The van der Waals surface area contributed by atoms with Crippen LogP contribution in [-0.4, -0.2) is 22.6 Å². The Kier molecular flexibility index (Phi) is 4.95. The van der Waals surface area contributed by atoms with Gasteiger partial charge < -0.3 is 10.2 Å². The molecule has 4 nitrogen and oxygen atoms in total. The summed E-state index contributed by atoms with van der Waals surface area (Å²) < 4.78 is 0. The fourth-order valence-electron chi connectivity index (χ4n) is 2.96. The number of rotatable bonds is 4. The number of aromatic nitrogens is 2. The van der Waals surface area contributed by atoms with E-state index in [1.54, 1.807) is 0 Å². The summed E-state index contributed by atoms with van der Waals surface area (Å²) in [5, 5.41) is 4.23. The number of nitrogens with zero attached hydrogens (tertiary/aromatic N) is 3. The second-order valence-electron chi connectivity index (χ2n) is 7.01. The zero-order valence-electron chi connectivity index (χ0n) is 14.8. The van der Waals surface area contributed by atoms with Crippen molar-refractivity contribution < 1.29 is 0 Å². The van der Waals surface area contributed by atoms with Gasteiger partial charge in [-0.25, -0.2) is 9.97 Å². The maximum absolute atomic E-state index is 6.11. The first kappa shape index (κ1) is 17.0. The van der Waals surface area contributed by atoms with Crippen molar-refractivity contribution in [1.82, 2.24) is 9.97 Å². The zero-order valence-corrected chi connectivity index (χ0v) is 15.6. The van der Waals surface area contributed by atoms with Gasteiger partial charge in [-0.1, -0.05) is 31.5 Å². The van der Waals surface area contributed by atoms with Crippen molar-refractivity contribution in [2.75, 3.05) is 16.8 Å². The second kappa shape index (κ2) is 6.98. The zero-order chi connectivity index (χ0) is 17.3. The van der Waals surface area contributed by atoms with Crippen LogP contribution in [0.3, 0.4) is 0 Å². The summed E-state index contributed by atoms with van der Waals surface area (Å²) in [6.07, 6.45) is 0.990. The van der Waals surface area contributed by atoms with Crippen molar-refractivity contribution in [3.63, 3.8) is 0 Å². The van der Waals surface area contributed by atoms with E-state index in [1.165, 1.54) is 11.1 Å². The molecule has 0 saturated heterocycles. The van der Waals surface area contributed by atoms with Gasteiger partial charge >= 0.3 is 0 Å². The fraction of sp³-hybridized carbons (Fsp3) is 0.474. The molecule has 1 aromatic carbocycles. The summed E-state index contributed by atoms with van der Waals surface area (Å²) in [6.45, 7) is 10.3. The summed E-state index contributed by atoms with van der Waals surface area (Å²) in [5.41, 5.74) is 2.67. The van der Waals surface area contributed by atoms with E-state index in [2.05, 4.69) is 61.1 Å². The van der Waals surface area contributed by atoms with Crippen molar-refractivity contribution in [3.05, 3.63) is 46.2 Å². The average molecular weight is 345 g/mol. The van der Waals surface area contributed by atoms with Gasteiger partial charge in [-0.2, -0.15) is 0 Å². The highest BCUT2D eigenvalue weighted by atomic mass is 35.5. The second-order valence-corrected chi connectivity index (χ2v) is 7.44. The van der Waals surface area contributed by atoms with Crippen LogP contribution in [0.5, 0.6) is 0 Å². The normalized spacial score (nSPS) is 14.2. The molecule has 0 unspecified atom stereocenters. The van der Waals surface area contributed by atoms with Gasteiger partial charge in [0.2, 0.25) is 0 Å². The monoisotopic (exact) mass is 344 g/mol. The van der Waals surface area contributed by atoms with Crippen LogP contribution >= 0.6 is 11.6 Å². The Balaban J connectivity index is 1.91. The molecule has 1 N–H and O–H groups in total. The minimum Gasteiger partial charge on any atom is -0.368 e. The minimum atomic E-state index is 0.300. The average Bonchev–Trinajstić information content (AvgIpc) is 2.53. The number of nitrogens with one attached hydrogen (secondary N) is 1. The summed E-state index contributed by atoms with van der Waals surface area (Å²) >= 11 is 6.11. The fourth-order valence-corrected chi connectivity index (χ4v) is 3.15. The first-order valence-electron chi connectivity index (χ1n) is 8.60. The van der Waals surface area contributed by atoms with Crippen LogP contribution in [-0.2, 0) is 13.0 Å². The lowest BCUT2D eigenvalue weighted by Crippen LogP contribution is -2.31. The predicted octanol–water partition coefficient (Wildman–Crippen LogP) is 4.64. The molecule has 128 valence electrons. The third-order valence-corrected chi connectivity index (χ3v) is 4.42. The topological polar surface area (TPSA) is 41.0 Å². The Morgan fingerprint density at radius 3 is 2.58 bits per heavy atom. The lowest BCUT2D eigenvalue weighted by Gasteiger charge is -2.30. The highest BCUT2D eigenvalue weighted by Crippen LogP contribution is 2.27. The largest absolute Gasteiger partial charge is 0.368 e. The van der Waals surface area contributed by atoms with E-state index in [1.807, 2.05) is 6.07 Å². The molecule has 0 spiro atoms. The Labute approximate surface area is 149 Å². The molecule has 0 saturated carbocycles. The predicted molar refractivity (Wildman–Crippen MR) is 101 cm³/mol. The van der Waals surface area contributed by atoms with E-state index in [9.17, 15) is 0 Å². The van der Waals surface area contributed by atoms with Crippen molar-refractivity contribution in [2.45, 2.75) is 52.6 Å². The van der Waals surface area contributed by atoms with Crippen LogP contribution in [0.4, 0.5) is 11.6 Å². The van der Waals surface area contributed by atoms with Gasteiger partial charge in [0, 0.05) is 36.1 Å². The van der Waals surface area contributed by atoms with E-state index in [4.69, 9.17) is 16.6 Å². The molecular formula is C19H25ClN4. The number of benzene rings is 1. The van der Waals surface area contributed by atoms with Crippen molar-refractivity contribution >= 4 is 23.2 Å². The smallest absolute Gasteiger partial charge is 0.135 e. The maximum atomic E-state index is 6.11. The summed E-state index contributed by atoms with van der Waals surface area (Å²) in [6, 6.07) is 8.58. The molecule has 2 aromatic rings. The Hall–Kier alpha value is -1.81. The number of fused-ring (bicyclic) bond motifs is 1. The van der Waals surface area contributed by atoms with Gasteiger partial charge in [0.05, 0.1) is 0 Å². The molecule has 0 bridgehead atoms. The van der Waals surface area contributed by atoms with Gasteiger partial charge in [-0.05, 0) is 43.5 Å². The van der Waals surface area contributed by atoms with Crippen LogP contribution in [0.2, 0.25) is 5.02 Å². The lowest BCUT2D eigenvalue weighted by molar-refractivity contribution is 0.702. The summed E-state index contributed by atoms with van der Waals surface area (Å²) in [5.74, 6) is 3.09. The van der Waals surface area contributed by atoms with E-state index in [0.717, 1.165) is 42.0 Å². The van der Waals surface area contributed by atoms with E-state index in [0.29, 0.717) is 12.0 Å². The van der Waals surface area contributed by atoms with Crippen LogP contribution in [0.15, 0.2) is 24.3 Å². The van der Waals surface area contributed by atoms with Crippen LogP contribution < -0.4 is 10.2 Å². The van der Waals surface area contributed by atoms with Gasteiger partial charge in [0.25, 0.3) is 0 Å². The first-order chi connectivity index (χ1) is 11.4. The van der Waals surface area contributed by atoms with Crippen LogP contribution in [0.25, 0.3) is 0 Å². The number of hydrogen-bond acceptors (Lipinski definition) is 4. The highest BCUT2D eigenvalue weighted by molar-refractivity contribution is 6.30. The molecule has 0 fully saturated rings. The standard InChI is InChI=1S/C19H25ClN4/c1-12(2)19-22-17(21-13(3)4)10-18(23-19)24-8-7-14-9-16(20)6-5-15(14)11-24/h5-6,9-10,12-13H,7-8,11H2,1-4H3,(H,21,22,23). The Morgan fingerprint density at radius 1 is 1.08 bits per heavy atom. The van der Waals surface area contributed by atoms with Crippen LogP contribution in [0.1, 0.15) is 50.6 Å². The number of anilines is 2. The van der Waals surface area contributed by atoms with Crippen LogP contribution in [0, 0.1) is 0 Å². The third-order valence-electron chi connectivity index (χ3n) is 4.19. The third kappa shape index (κ3) is 3.81. The quantitative estimate of drug-likeness (QED) is 0.877. The Bertz CT molecular complexity index is 727. The van der Waals surface area contributed by atoms with Gasteiger partial charge in [-0.15, -0.1) is 0 Å². The number of halogens is 1. The Morgan fingerprint density at radius 2 is 1.88 bits per heavy atom. The highest BCUT2D eigenvalue weighted by Gasteiger charge is 2.20. The van der Waals surface area contributed by atoms with E-state index >= 15 is 0 Å².